The van der Waals surface area contributed by atoms with Crippen LogP contribution >= 0.6 is 12.4 Å². The van der Waals surface area contributed by atoms with Crippen LogP contribution in [0.4, 0.5) is 0 Å². The van der Waals surface area contributed by atoms with E-state index in [2.05, 4.69) is 10.0 Å². The molecule has 0 spiro atoms. The second kappa shape index (κ2) is 9.68. The first-order valence-electron chi connectivity index (χ1n) is 7.96. The van der Waals surface area contributed by atoms with Crippen molar-refractivity contribution in [3.63, 3.8) is 0 Å². The number of hydrogen-bond donors (Lipinski definition) is 3. The zero-order chi connectivity index (χ0) is 18.4. The van der Waals surface area contributed by atoms with E-state index in [4.69, 9.17) is 5.73 Å². The molecule has 8 heteroatoms. The Kier molecular flexibility index (Phi) is 8.23. The molecule has 0 aromatic heterocycles. The van der Waals surface area contributed by atoms with Crippen molar-refractivity contribution in [2.75, 3.05) is 13.1 Å². The molecule has 1 amide bonds. The molecule has 26 heavy (non-hydrogen) atoms. The number of nitrogens with two attached hydrogens (primary N) is 1. The Bertz CT molecular complexity index is 822. The molecule has 0 radical (unpaired) electrons. The fourth-order valence-corrected chi connectivity index (χ4v) is 3.24. The zero-order valence-corrected chi connectivity index (χ0v) is 16.4. The van der Waals surface area contributed by atoms with Gasteiger partial charge in [0.1, 0.15) is 6.04 Å². The number of carbonyl (C=O) groups is 1. The number of hydrogen-bond acceptors (Lipinski definition) is 4. The van der Waals surface area contributed by atoms with E-state index in [0.29, 0.717) is 5.56 Å². The maximum atomic E-state index is 12.1. The van der Waals surface area contributed by atoms with Gasteiger partial charge in [-0.3, -0.25) is 4.79 Å². The average Bonchev–Trinajstić information content (AvgIpc) is 2.59. The predicted molar refractivity (Wildman–Crippen MR) is 105 cm³/mol. The Balaban J connectivity index is 0.00000338. The monoisotopic (exact) mass is 397 g/mol. The first-order valence-corrected chi connectivity index (χ1v) is 9.44. The van der Waals surface area contributed by atoms with Crippen LogP contribution in [0.15, 0.2) is 53.4 Å². The molecule has 0 heterocycles. The fraction of sp³-hybridized carbons (Fsp3) is 0.278. The topological polar surface area (TPSA) is 101 Å². The van der Waals surface area contributed by atoms with Gasteiger partial charge < -0.3 is 11.1 Å². The summed E-state index contributed by atoms with van der Waals surface area (Å²) in [6.07, 6.45) is 0. The summed E-state index contributed by atoms with van der Waals surface area (Å²) in [6.45, 7) is 4.08. The largest absolute Gasteiger partial charge is 0.353 e. The van der Waals surface area contributed by atoms with Gasteiger partial charge in [0.15, 0.2) is 0 Å². The normalized spacial score (nSPS) is 12.1. The molecule has 1 atom stereocenters. The second-order valence-corrected chi connectivity index (χ2v) is 7.66. The molecule has 0 saturated heterocycles. The smallest absolute Gasteiger partial charge is 0.241 e. The zero-order valence-electron chi connectivity index (χ0n) is 14.7. The standard InChI is InChI=1S/C18H23N3O3S.ClH/c1-13-3-7-15(8-4-13)17(19)18(22)20-11-12-21-25(23,24)16-9-5-14(2)6-10-16;/h3-10,17,21H,11-12,19H2,1-2H3,(H,20,22);1H. The van der Waals surface area contributed by atoms with Crippen LogP contribution in [0.25, 0.3) is 0 Å². The van der Waals surface area contributed by atoms with Crippen LogP contribution in [0, 0.1) is 13.8 Å². The molecule has 142 valence electrons. The molecule has 2 aromatic carbocycles. The molecule has 1 unspecified atom stereocenters. The first kappa shape index (κ1) is 22.1. The third-order valence-corrected chi connectivity index (χ3v) is 5.24. The van der Waals surface area contributed by atoms with Gasteiger partial charge in [0.2, 0.25) is 15.9 Å². The van der Waals surface area contributed by atoms with Gasteiger partial charge in [-0.1, -0.05) is 47.5 Å². The lowest BCUT2D eigenvalue weighted by molar-refractivity contribution is -0.122. The van der Waals surface area contributed by atoms with E-state index < -0.39 is 16.1 Å². The van der Waals surface area contributed by atoms with Crippen molar-refractivity contribution in [3.8, 4) is 0 Å². The maximum absolute atomic E-state index is 12.1. The van der Waals surface area contributed by atoms with Crippen molar-refractivity contribution in [1.29, 1.82) is 0 Å². The molecular weight excluding hydrogens is 374 g/mol. The van der Waals surface area contributed by atoms with Crippen LogP contribution in [-0.4, -0.2) is 27.4 Å². The van der Waals surface area contributed by atoms with Gasteiger partial charge in [-0.2, -0.15) is 0 Å². The number of aryl methyl sites for hydroxylation is 2. The maximum Gasteiger partial charge on any atom is 0.241 e. The van der Waals surface area contributed by atoms with Gasteiger partial charge >= 0.3 is 0 Å². The van der Waals surface area contributed by atoms with Crippen molar-refractivity contribution in [3.05, 3.63) is 65.2 Å². The van der Waals surface area contributed by atoms with Gasteiger partial charge in [-0.15, -0.1) is 12.4 Å². The number of sulfonamides is 1. The summed E-state index contributed by atoms with van der Waals surface area (Å²) in [5.74, 6) is -0.349. The lowest BCUT2D eigenvalue weighted by atomic mass is 10.1. The van der Waals surface area contributed by atoms with E-state index in [-0.39, 0.29) is 36.3 Å². The van der Waals surface area contributed by atoms with Crippen molar-refractivity contribution in [2.45, 2.75) is 24.8 Å². The number of rotatable bonds is 7. The molecule has 6 nitrogen and oxygen atoms in total. The lowest BCUT2D eigenvalue weighted by Crippen LogP contribution is -2.39. The summed E-state index contributed by atoms with van der Waals surface area (Å²) in [5.41, 5.74) is 8.69. The van der Waals surface area contributed by atoms with Crippen LogP contribution in [0.5, 0.6) is 0 Å². The van der Waals surface area contributed by atoms with Crippen molar-refractivity contribution in [2.24, 2.45) is 5.73 Å². The Hall–Kier alpha value is -1.93. The molecule has 0 saturated carbocycles. The minimum Gasteiger partial charge on any atom is -0.353 e. The van der Waals surface area contributed by atoms with E-state index in [1.807, 2.05) is 26.0 Å². The highest BCUT2D eigenvalue weighted by atomic mass is 35.5. The number of amides is 1. The van der Waals surface area contributed by atoms with E-state index in [9.17, 15) is 13.2 Å². The highest BCUT2D eigenvalue weighted by Crippen LogP contribution is 2.11. The number of carbonyl (C=O) groups excluding carboxylic acids is 1. The van der Waals surface area contributed by atoms with Crippen LogP contribution in [0.2, 0.25) is 0 Å². The van der Waals surface area contributed by atoms with Gasteiger partial charge in [-0.05, 0) is 31.5 Å². The molecule has 2 aromatic rings. The Morgan fingerprint density at radius 1 is 0.962 bits per heavy atom. The summed E-state index contributed by atoms with van der Waals surface area (Å²) in [5, 5.41) is 2.64. The molecule has 0 bridgehead atoms. The number of halogens is 1. The molecule has 2 rings (SSSR count). The van der Waals surface area contributed by atoms with Gasteiger partial charge in [0.25, 0.3) is 0 Å². The van der Waals surface area contributed by atoms with Crippen LogP contribution in [0.1, 0.15) is 22.7 Å². The molecular formula is C18H24ClN3O3S. The fourth-order valence-electron chi connectivity index (χ4n) is 2.21. The summed E-state index contributed by atoms with van der Waals surface area (Å²) in [6, 6.07) is 13.2. The van der Waals surface area contributed by atoms with E-state index in [0.717, 1.165) is 11.1 Å². The lowest BCUT2D eigenvalue weighted by Gasteiger charge is -2.13. The minimum absolute atomic E-state index is 0. The van der Waals surface area contributed by atoms with Gasteiger partial charge in [0, 0.05) is 13.1 Å². The van der Waals surface area contributed by atoms with E-state index >= 15 is 0 Å². The van der Waals surface area contributed by atoms with E-state index in [1.54, 1.807) is 36.4 Å². The molecule has 0 fully saturated rings. The van der Waals surface area contributed by atoms with Crippen LogP contribution in [0.3, 0.4) is 0 Å². The highest BCUT2D eigenvalue weighted by Gasteiger charge is 2.16. The number of benzene rings is 2. The van der Waals surface area contributed by atoms with Gasteiger partial charge in [-0.25, -0.2) is 13.1 Å². The molecule has 4 N–H and O–H groups in total. The molecule has 0 aliphatic heterocycles. The predicted octanol–water partition coefficient (Wildman–Crippen LogP) is 1.82. The highest BCUT2D eigenvalue weighted by molar-refractivity contribution is 7.89. The Labute approximate surface area is 160 Å². The van der Waals surface area contributed by atoms with Crippen LogP contribution in [-0.2, 0) is 14.8 Å². The van der Waals surface area contributed by atoms with E-state index in [1.165, 1.54) is 0 Å². The Morgan fingerprint density at radius 2 is 1.46 bits per heavy atom. The van der Waals surface area contributed by atoms with Crippen LogP contribution < -0.4 is 15.8 Å². The first-order chi connectivity index (χ1) is 11.8. The Morgan fingerprint density at radius 3 is 2.00 bits per heavy atom. The third kappa shape index (κ3) is 6.10. The number of nitrogens with one attached hydrogen (secondary N) is 2. The summed E-state index contributed by atoms with van der Waals surface area (Å²) >= 11 is 0. The molecule has 0 aliphatic rings. The minimum atomic E-state index is -3.58. The van der Waals surface area contributed by atoms with Crippen molar-refractivity contribution >= 4 is 28.3 Å². The SMILES string of the molecule is Cc1ccc(C(N)C(=O)NCCNS(=O)(=O)c2ccc(C)cc2)cc1.Cl. The quantitative estimate of drug-likeness (QED) is 0.620. The average molecular weight is 398 g/mol. The summed E-state index contributed by atoms with van der Waals surface area (Å²) in [4.78, 5) is 12.2. The second-order valence-electron chi connectivity index (χ2n) is 5.89. The van der Waals surface area contributed by atoms with Crippen molar-refractivity contribution in [1.82, 2.24) is 10.0 Å². The molecule has 0 aliphatic carbocycles. The van der Waals surface area contributed by atoms with Gasteiger partial charge in [0.05, 0.1) is 4.90 Å². The van der Waals surface area contributed by atoms with Crippen molar-refractivity contribution < 1.29 is 13.2 Å². The third-order valence-electron chi connectivity index (χ3n) is 3.77. The summed E-state index contributed by atoms with van der Waals surface area (Å²) in [7, 11) is -3.58. The summed E-state index contributed by atoms with van der Waals surface area (Å²) < 4.78 is 26.7.